The Balaban J connectivity index is 1.68. The zero-order chi connectivity index (χ0) is 20.5. The maximum atomic E-state index is 13.0. The van der Waals surface area contributed by atoms with Crippen LogP contribution in [0.15, 0.2) is 23.4 Å². The minimum Gasteiger partial charge on any atom is -0.348 e. The number of rotatable bonds is 6. The number of aryl methyl sites for hydroxylation is 2. The average Bonchev–Trinajstić information content (AvgIpc) is 3.29. The second-order valence-electron chi connectivity index (χ2n) is 7.25. The first-order chi connectivity index (χ1) is 13.2. The van der Waals surface area contributed by atoms with E-state index in [4.69, 9.17) is 0 Å². The summed E-state index contributed by atoms with van der Waals surface area (Å²) in [6.07, 6.45) is 4.57. The maximum absolute atomic E-state index is 13.0. The minimum atomic E-state index is -3.66. The third kappa shape index (κ3) is 3.97. The van der Waals surface area contributed by atoms with E-state index in [1.807, 2.05) is 30.8 Å². The Hall–Kier alpha value is -2.20. The van der Waals surface area contributed by atoms with Crippen LogP contribution in [0.3, 0.4) is 0 Å². The van der Waals surface area contributed by atoms with Crippen LogP contribution in [-0.2, 0) is 28.4 Å². The molecule has 28 heavy (non-hydrogen) atoms. The predicted octanol–water partition coefficient (Wildman–Crippen LogP) is 1.22. The summed E-state index contributed by atoms with van der Waals surface area (Å²) >= 11 is 0. The normalized spacial score (nSPS) is 19.5. The van der Waals surface area contributed by atoms with Crippen LogP contribution in [0.1, 0.15) is 44.1 Å². The van der Waals surface area contributed by atoms with E-state index < -0.39 is 10.0 Å². The summed E-state index contributed by atoms with van der Waals surface area (Å²) in [6.45, 7) is 6.97. The monoisotopic (exact) mass is 408 g/mol. The van der Waals surface area contributed by atoms with Gasteiger partial charge < -0.3 is 5.32 Å². The molecule has 1 saturated heterocycles. The molecule has 0 unspecified atom stereocenters. The molecular weight excluding hydrogens is 380 g/mol. The average molecular weight is 409 g/mol. The van der Waals surface area contributed by atoms with Crippen molar-refractivity contribution in [3.63, 3.8) is 0 Å². The van der Waals surface area contributed by atoms with Gasteiger partial charge in [0.2, 0.25) is 15.9 Å². The molecule has 9 nitrogen and oxygen atoms in total. The van der Waals surface area contributed by atoms with E-state index in [2.05, 4.69) is 15.5 Å². The molecule has 0 spiro atoms. The number of hydrogen-bond acceptors (Lipinski definition) is 5. The van der Waals surface area contributed by atoms with Crippen molar-refractivity contribution in [2.24, 2.45) is 13.0 Å². The number of hydrogen-bond donors (Lipinski definition) is 1. The molecule has 0 bridgehead atoms. The Kier molecular flexibility index (Phi) is 5.90. The zero-order valence-corrected chi connectivity index (χ0v) is 17.6. The molecule has 0 saturated carbocycles. The number of piperidine rings is 1. The number of aromatic nitrogens is 4. The fourth-order valence-corrected chi connectivity index (χ4v) is 5.14. The van der Waals surface area contributed by atoms with E-state index in [0.717, 1.165) is 12.2 Å². The molecule has 1 aliphatic rings. The molecule has 10 heteroatoms. The van der Waals surface area contributed by atoms with Crippen molar-refractivity contribution in [1.29, 1.82) is 0 Å². The Bertz CT molecular complexity index is 948. The molecule has 0 aliphatic carbocycles. The van der Waals surface area contributed by atoms with Crippen LogP contribution in [0.4, 0.5) is 0 Å². The van der Waals surface area contributed by atoms with Crippen LogP contribution in [-0.4, -0.2) is 51.3 Å². The van der Waals surface area contributed by atoms with Gasteiger partial charge in [-0.2, -0.15) is 14.5 Å². The fraction of sp³-hybridized carbons (Fsp3) is 0.611. The van der Waals surface area contributed by atoms with Gasteiger partial charge in [0.25, 0.3) is 0 Å². The standard InChI is InChI=1S/C18H28N6O3S/c1-5-23-10-8-16(21-23)13(2)20-18(25)15-7-6-9-24(12-15)28(26,27)17-11-19-22(4)14(17)3/h8,10-11,13,15H,5-7,9,12H2,1-4H3,(H,20,25)/t13-,15+/m0/s1. The van der Waals surface area contributed by atoms with Gasteiger partial charge in [0, 0.05) is 32.9 Å². The Morgan fingerprint density at radius 1 is 1.43 bits per heavy atom. The molecular formula is C18H28N6O3S. The maximum Gasteiger partial charge on any atom is 0.246 e. The third-order valence-corrected chi connectivity index (χ3v) is 7.32. The molecule has 3 heterocycles. The number of amides is 1. The second kappa shape index (κ2) is 8.04. The first kappa shape index (κ1) is 20.5. The highest BCUT2D eigenvalue weighted by atomic mass is 32.2. The quantitative estimate of drug-likeness (QED) is 0.774. The molecule has 2 aromatic rings. The first-order valence-electron chi connectivity index (χ1n) is 9.56. The number of carbonyl (C=O) groups excluding carboxylic acids is 1. The summed E-state index contributed by atoms with van der Waals surface area (Å²) < 4.78 is 30.7. The van der Waals surface area contributed by atoms with Gasteiger partial charge >= 0.3 is 0 Å². The lowest BCUT2D eigenvalue weighted by atomic mass is 9.98. The predicted molar refractivity (Wildman–Crippen MR) is 104 cm³/mol. The van der Waals surface area contributed by atoms with Crippen LogP contribution in [0.2, 0.25) is 0 Å². The Labute approximate surface area is 165 Å². The number of sulfonamides is 1. The van der Waals surface area contributed by atoms with E-state index in [1.165, 1.54) is 15.2 Å². The zero-order valence-electron chi connectivity index (χ0n) is 16.8. The van der Waals surface area contributed by atoms with Gasteiger partial charge in [-0.3, -0.25) is 14.2 Å². The van der Waals surface area contributed by atoms with Crippen LogP contribution < -0.4 is 5.32 Å². The lowest BCUT2D eigenvalue weighted by Crippen LogP contribution is -2.45. The van der Waals surface area contributed by atoms with Crippen LogP contribution in [0.25, 0.3) is 0 Å². The smallest absolute Gasteiger partial charge is 0.246 e. The highest BCUT2D eigenvalue weighted by molar-refractivity contribution is 7.89. The van der Waals surface area contributed by atoms with Crippen molar-refractivity contribution in [3.8, 4) is 0 Å². The van der Waals surface area contributed by atoms with Crippen molar-refractivity contribution in [2.75, 3.05) is 13.1 Å². The molecule has 1 N–H and O–H groups in total. The molecule has 154 valence electrons. The Morgan fingerprint density at radius 3 is 2.79 bits per heavy atom. The van der Waals surface area contributed by atoms with Gasteiger partial charge in [-0.05, 0) is 39.7 Å². The first-order valence-corrected chi connectivity index (χ1v) is 11.0. The molecule has 2 aromatic heterocycles. The summed E-state index contributed by atoms with van der Waals surface area (Å²) in [5.74, 6) is -0.516. The topological polar surface area (TPSA) is 102 Å². The molecule has 2 atom stereocenters. The number of nitrogens with zero attached hydrogens (tertiary/aromatic N) is 5. The van der Waals surface area contributed by atoms with Crippen molar-refractivity contribution < 1.29 is 13.2 Å². The fourth-order valence-electron chi connectivity index (χ4n) is 3.44. The molecule has 1 amide bonds. The van der Waals surface area contributed by atoms with Gasteiger partial charge in [-0.1, -0.05) is 0 Å². The summed E-state index contributed by atoms with van der Waals surface area (Å²) in [6, 6.07) is 1.66. The summed E-state index contributed by atoms with van der Waals surface area (Å²) in [5.41, 5.74) is 1.38. The second-order valence-corrected chi connectivity index (χ2v) is 9.15. The lowest BCUT2D eigenvalue weighted by molar-refractivity contribution is -0.126. The summed E-state index contributed by atoms with van der Waals surface area (Å²) in [4.78, 5) is 13.0. The highest BCUT2D eigenvalue weighted by Gasteiger charge is 2.35. The molecule has 3 rings (SSSR count). The van der Waals surface area contributed by atoms with E-state index >= 15 is 0 Å². The van der Waals surface area contributed by atoms with Crippen LogP contribution in [0, 0.1) is 12.8 Å². The molecule has 0 radical (unpaired) electrons. The van der Waals surface area contributed by atoms with Crippen molar-refractivity contribution >= 4 is 15.9 Å². The molecule has 1 aliphatic heterocycles. The van der Waals surface area contributed by atoms with Crippen LogP contribution in [0.5, 0.6) is 0 Å². The van der Waals surface area contributed by atoms with E-state index in [0.29, 0.717) is 25.1 Å². The largest absolute Gasteiger partial charge is 0.348 e. The van der Waals surface area contributed by atoms with Gasteiger partial charge in [0.1, 0.15) is 4.90 Å². The van der Waals surface area contributed by atoms with Crippen molar-refractivity contribution in [2.45, 2.75) is 51.1 Å². The molecule has 0 aromatic carbocycles. The van der Waals surface area contributed by atoms with Gasteiger partial charge in [-0.25, -0.2) is 8.42 Å². The van der Waals surface area contributed by atoms with Crippen LogP contribution >= 0.6 is 0 Å². The summed E-state index contributed by atoms with van der Waals surface area (Å²) in [7, 11) is -1.95. The highest BCUT2D eigenvalue weighted by Crippen LogP contribution is 2.26. The van der Waals surface area contributed by atoms with E-state index in [9.17, 15) is 13.2 Å². The van der Waals surface area contributed by atoms with Crippen molar-refractivity contribution in [3.05, 3.63) is 29.8 Å². The van der Waals surface area contributed by atoms with E-state index in [1.54, 1.807) is 14.0 Å². The van der Waals surface area contributed by atoms with Crippen molar-refractivity contribution in [1.82, 2.24) is 29.2 Å². The minimum absolute atomic E-state index is 0.138. The van der Waals surface area contributed by atoms with E-state index in [-0.39, 0.29) is 29.3 Å². The number of carbonyl (C=O) groups is 1. The molecule has 1 fully saturated rings. The van der Waals surface area contributed by atoms with Gasteiger partial charge in [0.15, 0.2) is 0 Å². The Morgan fingerprint density at radius 2 is 2.18 bits per heavy atom. The van der Waals surface area contributed by atoms with Gasteiger partial charge in [-0.15, -0.1) is 0 Å². The third-order valence-electron chi connectivity index (χ3n) is 5.35. The number of nitrogens with one attached hydrogen (secondary N) is 1. The van der Waals surface area contributed by atoms with Gasteiger partial charge in [0.05, 0.1) is 29.5 Å². The lowest BCUT2D eigenvalue weighted by Gasteiger charge is -2.31. The SMILES string of the molecule is CCn1ccc([C@H](C)NC(=O)[C@@H]2CCCN(S(=O)(=O)c3cnn(C)c3C)C2)n1. The summed E-state index contributed by atoms with van der Waals surface area (Å²) in [5, 5.41) is 11.4.